The summed E-state index contributed by atoms with van der Waals surface area (Å²) in [5.41, 5.74) is 0.228. The first-order valence-electron chi connectivity index (χ1n) is 7.83. The zero-order valence-corrected chi connectivity index (χ0v) is 14.0. The molecule has 8 heteroatoms. The highest BCUT2D eigenvalue weighted by atomic mass is 19.4. The molecule has 26 heavy (non-hydrogen) atoms. The maximum atomic E-state index is 12.9. The number of para-hydroxylation sites is 1. The lowest BCUT2D eigenvalue weighted by atomic mass is 10.1. The van der Waals surface area contributed by atoms with E-state index in [1.54, 1.807) is 24.3 Å². The van der Waals surface area contributed by atoms with E-state index in [1.807, 2.05) is 0 Å². The number of hydrogen-bond acceptors (Lipinski definition) is 3. The first-order chi connectivity index (χ1) is 12.3. The van der Waals surface area contributed by atoms with Crippen LogP contribution in [0.2, 0.25) is 0 Å². The molecule has 2 rings (SSSR count). The molecule has 0 aliphatic rings. The van der Waals surface area contributed by atoms with Crippen molar-refractivity contribution in [3.63, 3.8) is 0 Å². The molecule has 0 fully saturated rings. The molecule has 2 amide bonds. The number of halogens is 3. The van der Waals surface area contributed by atoms with Crippen LogP contribution in [0.25, 0.3) is 0 Å². The summed E-state index contributed by atoms with van der Waals surface area (Å²) in [7, 11) is 0. The lowest BCUT2D eigenvalue weighted by molar-refractivity contribution is -0.137. The highest BCUT2D eigenvalue weighted by Crippen LogP contribution is 2.34. The molecule has 0 aliphatic heterocycles. The molecule has 0 unspecified atom stereocenters. The van der Waals surface area contributed by atoms with Crippen LogP contribution in [0.15, 0.2) is 48.5 Å². The van der Waals surface area contributed by atoms with E-state index in [0.717, 1.165) is 11.8 Å². The van der Waals surface area contributed by atoms with Crippen LogP contribution in [0.3, 0.4) is 0 Å². The van der Waals surface area contributed by atoms with Crippen LogP contribution in [0.1, 0.15) is 18.9 Å². The van der Waals surface area contributed by atoms with Crippen molar-refractivity contribution < 1.29 is 22.8 Å². The molecular weight excluding hydrogens is 347 g/mol. The maximum absolute atomic E-state index is 12.9. The van der Waals surface area contributed by atoms with Crippen molar-refractivity contribution in [2.24, 2.45) is 0 Å². The minimum atomic E-state index is -4.53. The van der Waals surface area contributed by atoms with Crippen LogP contribution in [0.5, 0.6) is 0 Å². The third-order valence-electron chi connectivity index (χ3n) is 3.39. The Morgan fingerprint density at radius 2 is 1.54 bits per heavy atom. The minimum Gasteiger partial charge on any atom is -0.385 e. The molecule has 0 heterocycles. The summed E-state index contributed by atoms with van der Waals surface area (Å²) in [5, 5.41) is 7.91. The van der Waals surface area contributed by atoms with Gasteiger partial charge in [0.1, 0.15) is 0 Å². The predicted molar refractivity (Wildman–Crippen MR) is 93.9 cm³/mol. The number of carbonyl (C=O) groups excluding carboxylic acids is 2. The van der Waals surface area contributed by atoms with Crippen molar-refractivity contribution in [2.75, 3.05) is 22.5 Å². The number of rotatable bonds is 6. The Balaban J connectivity index is 1.85. The van der Waals surface area contributed by atoms with Crippen molar-refractivity contribution in [1.82, 2.24) is 0 Å². The van der Waals surface area contributed by atoms with Gasteiger partial charge in [0.05, 0.1) is 11.3 Å². The normalized spacial score (nSPS) is 10.9. The second-order valence-corrected chi connectivity index (χ2v) is 5.53. The Bertz CT molecular complexity index is 774. The third kappa shape index (κ3) is 5.80. The average molecular weight is 365 g/mol. The predicted octanol–water partition coefficient (Wildman–Crippen LogP) is 4.10. The number of amides is 2. The number of hydrogen-bond donors (Lipinski definition) is 3. The number of alkyl halides is 3. The van der Waals surface area contributed by atoms with Gasteiger partial charge in [0.25, 0.3) is 0 Å². The molecule has 0 saturated carbocycles. The summed E-state index contributed by atoms with van der Waals surface area (Å²) in [6.45, 7) is 1.65. The van der Waals surface area contributed by atoms with E-state index in [0.29, 0.717) is 5.69 Å². The van der Waals surface area contributed by atoms with Crippen LogP contribution in [-0.2, 0) is 15.8 Å². The van der Waals surface area contributed by atoms with E-state index < -0.39 is 17.6 Å². The van der Waals surface area contributed by atoms with E-state index in [9.17, 15) is 22.8 Å². The Morgan fingerprint density at radius 1 is 0.923 bits per heavy atom. The number of carbonyl (C=O) groups is 2. The molecule has 138 valence electrons. The lowest BCUT2D eigenvalue weighted by Gasteiger charge is -2.13. The molecule has 0 bridgehead atoms. The molecule has 0 saturated heterocycles. The molecule has 2 aromatic carbocycles. The van der Waals surface area contributed by atoms with Gasteiger partial charge in [-0.2, -0.15) is 13.2 Å². The summed E-state index contributed by atoms with van der Waals surface area (Å²) < 4.78 is 38.7. The van der Waals surface area contributed by atoms with Crippen molar-refractivity contribution in [1.29, 1.82) is 0 Å². The quantitative estimate of drug-likeness (QED) is 0.722. The molecule has 0 atom stereocenters. The molecule has 0 aliphatic carbocycles. The third-order valence-corrected chi connectivity index (χ3v) is 3.39. The maximum Gasteiger partial charge on any atom is 0.418 e. The molecule has 5 nitrogen and oxygen atoms in total. The first kappa shape index (κ1) is 19.3. The molecule has 3 N–H and O–H groups in total. The van der Waals surface area contributed by atoms with Gasteiger partial charge in [-0.3, -0.25) is 9.59 Å². The standard InChI is InChI=1S/C18H18F3N3O2/c1-12(25)23-14-8-6-13(7-9-14)22-11-10-17(26)24-16-5-3-2-4-15(16)18(19,20)21/h2-9,22H,10-11H2,1H3,(H,23,25)(H,24,26). The van der Waals surface area contributed by atoms with Crippen LogP contribution in [-0.4, -0.2) is 18.4 Å². The van der Waals surface area contributed by atoms with E-state index in [4.69, 9.17) is 0 Å². The van der Waals surface area contributed by atoms with E-state index >= 15 is 0 Å². The summed E-state index contributed by atoms with van der Waals surface area (Å²) in [4.78, 5) is 22.8. The fraction of sp³-hybridized carbons (Fsp3) is 0.222. The number of benzene rings is 2. The zero-order chi connectivity index (χ0) is 19.2. The summed E-state index contributed by atoms with van der Waals surface area (Å²) in [6, 6.07) is 11.7. The van der Waals surface area contributed by atoms with Crippen molar-refractivity contribution in [3.05, 3.63) is 54.1 Å². The summed E-state index contributed by atoms with van der Waals surface area (Å²) >= 11 is 0. The molecule has 0 spiro atoms. The van der Waals surface area contributed by atoms with Crippen LogP contribution in [0, 0.1) is 0 Å². The van der Waals surface area contributed by atoms with Crippen LogP contribution >= 0.6 is 0 Å². The molecular formula is C18H18F3N3O2. The van der Waals surface area contributed by atoms with Gasteiger partial charge in [-0.05, 0) is 36.4 Å². The first-order valence-corrected chi connectivity index (χ1v) is 7.83. The Morgan fingerprint density at radius 3 is 2.15 bits per heavy atom. The zero-order valence-electron chi connectivity index (χ0n) is 14.0. The topological polar surface area (TPSA) is 70.2 Å². The highest BCUT2D eigenvalue weighted by Gasteiger charge is 2.33. The molecule has 2 aromatic rings. The van der Waals surface area contributed by atoms with Gasteiger partial charge in [0, 0.05) is 31.3 Å². The van der Waals surface area contributed by atoms with Gasteiger partial charge >= 0.3 is 6.18 Å². The van der Waals surface area contributed by atoms with Gasteiger partial charge in [-0.1, -0.05) is 12.1 Å². The van der Waals surface area contributed by atoms with Gasteiger partial charge in [-0.25, -0.2) is 0 Å². The van der Waals surface area contributed by atoms with Gasteiger partial charge in [-0.15, -0.1) is 0 Å². The minimum absolute atomic E-state index is 0.000358. The van der Waals surface area contributed by atoms with Crippen LogP contribution in [0.4, 0.5) is 30.2 Å². The summed E-state index contributed by atoms with van der Waals surface area (Å²) in [6.07, 6.45) is -4.53. The largest absolute Gasteiger partial charge is 0.418 e. The van der Waals surface area contributed by atoms with Crippen molar-refractivity contribution >= 4 is 28.9 Å². The summed E-state index contributed by atoms with van der Waals surface area (Å²) in [5.74, 6) is -0.703. The average Bonchev–Trinajstić information content (AvgIpc) is 2.55. The number of anilines is 3. The highest BCUT2D eigenvalue weighted by molar-refractivity contribution is 5.92. The molecule has 0 aromatic heterocycles. The molecule has 0 radical (unpaired) electrons. The SMILES string of the molecule is CC(=O)Nc1ccc(NCCC(=O)Nc2ccccc2C(F)(F)F)cc1. The lowest BCUT2D eigenvalue weighted by Crippen LogP contribution is -2.19. The van der Waals surface area contributed by atoms with E-state index in [1.165, 1.54) is 25.1 Å². The Labute approximate surface area is 148 Å². The van der Waals surface area contributed by atoms with Crippen molar-refractivity contribution in [2.45, 2.75) is 19.5 Å². The number of nitrogens with one attached hydrogen (secondary N) is 3. The second kappa shape index (κ2) is 8.37. The smallest absolute Gasteiger partial charge is 0.385 e. The van der Waals surface area contributed by atoms with Gasteiger partial charge in [0.15, 0.2) is 0 Å². The van der Waals surface area contributed by atoms with E-state index in [2.05, 4.69) is 16.0 Å². The van der Waals surface area contributed by atoms with E-state index in [-0.39, 0.29) is 24.6 Å². The van der Waals surface area contributed by atoms with Crippen LogP contribution < -0.4 is 16.0 Å². The van der Waals surface area contributed by atoms with Crippen molar-refractivity contribution in [3.8, 4) is 0 Å². The van der Waals surface area contributed by atoms with Gasteiger partial charge in [0.2, 0.25) is 11.8 Å². The monoisotopic (exact) mass is 365 g/mol. The van der Waals surface area contributed by atoms with Gasteiger partial charge < -0.3 is 16.0 Å². The Kier molecular flexibility index (Phi) is 6.21. The Hall–Kier alpha value is -3.03. The fourth-order valence-electron chi connectivity index (χ4n) is 2.25. The fourth-order valence-corrected chi connectivity index (χ4v) is 2.25. The second-order valence-electron chi connectivity index (χ2n) is 5.53.